The van der Waals surface area contributed by atoms with Gasteiger partial charge in [0, 0.05) is 13.1 Å². The summed E-state index contributed by atoms with van der Waals surface area (Å²) in [5.74, 6) is -0.206. The predicted molar refractivity (Wildman–Crippen MR) is 81.5 cm³/mol. The van der Waals surface area contributed by atoms with Crippen molar-refractivity contribution in [2.24, 2.45) is 5.73 Å². The minimum atomic E-state index is -0.595. The van der Waals surface area contributed by atoms with E-state index in [2.05, 4.69) is 5.32 Å². The zero-order valence-electron chi connectivity index (χ0n) is 12.4. The highest BCUT2D eigenvalue weighted by Gasteiger charge is 2.35. The van der Waals surface area contributed by atoms with E-state index in [0.29, 0.717) is 19.5 Å². The van der Waals surface area contributed by atoms with Gasteiger partial charge in [0.15, 0.2) is 0 Å². The lowest BCUT2D eigenvalue weighted by Crippen LogP contribution is -2.51. The molecule has 1 aromatic carbocycles. The Labute approximate surface area is 125 Å². The number of hydrogen-bond donors (Lipinski definition) is 2. The number of carbonyl (C=O) groups is 2. The highest BCUT2D eigenvalue weighted by atomic mass is 16.2. The molecule has 2 atom stereocenters. The topological polar surface area (TPSA) is 75.4 Å². The molecule has 5 heteroatoms. The van der Waals surface area contributed by atoms with Crippen molar-refractivity contribution >= 4 is 11.8 Å². The van der Waals surface area contributed by atoms with Gasteiger partial charge < -0.3 is 16.0 Å². The summed E-state index contributed by atoms with van der Waals surface area (Å²) in [5.41, 5.74) is 7.08. The molecule has 1 aromatic rings. The number of likely N-dealkylation sites (tertiary alicyclic amines) is 1. The number of likely N-dealkylation sites (N-methyl/N-ethyl adjacent to an activating group) is 1. The normalized spacial score (nSPS) is 19.3. The molecule has 21 heavy (non-hydrogen) atoms. The number of nitrogens with one attached hydrogen (secondary N) is 1. The van der Waals surface area contributed by atoms with Crippen LogP contribution in [-0.2, 0) is 16.0 Å². The Morgan fingerprint density at radius 2 is 2.10 bits per heavy atom. The first-order valence-corrected chi connectivity index (χ1v) is 7.51. The maximum Gasteiger partial charge on any atom is 0.242 e. The molecule has 1 aliphatic rings. The quantitative estimate of drug-likeness (QED) is 0.837. The largest absolute Gasteiger partial charge is 0.355 e. The maximum absolute atomic E-state index is 12.5. The van der Waals surface area contributed by atoms with Crippen molar-refractivity contribution in [3.05, 3.63) is 35.9 Å². The van der Waals surface area contributed by atoms with Crippen LogP contribution in [0.2, 0.25) is 0 Å². The maximum atomic E-state index is 12.5. The lowest BCUT2D eigenvalue weighted by atomic mass is 10.1. The first kappa shape index (κ1) is 15.5. The molecule has 1 fully saturated rings. The van der Waals surface area contributed by atoms with E-state index in [4.69, 9.17) is 5.73 Å². The van der Waals surface area contributed by atoms with Crippen molar-refractivity contribution in [2.75, 3.05) is 13.1 Å². The highest BCUT2D eigenvalue weighted by molar-refractivity contribution is 5.90. The van der Waals surface area contributed by atoms with E-state index in [-0.39, 0.29) is 17.9 Å². The number of hydrogen-bond acceptors (Lipinski definition) is 3. The standard InChI is InChI=1S/C16H23N3O2/c1-2-18-15(20)14-9-6-10-19(14)16(21)13(17)11-12-7-4-3-5-8-12/h3-5,7-8,13-14H,2,6,9-11,17H2,1H3,(H,18,20)/t13-,14+/m1/s1. The van der Waals surface area contributed by atoms with Gasteiger partial charge in [-0.25, -0.2) is 0 Å². The molecule has 114 valence electrons. The molecule has 0 spiro atoms. The van der Waals surface area contributed by atoms with E-state index in [0.717, 1.165) is 18.4 Å². The van der Waals surface area contributed by atoms with Crippen LogP contribution in [0.15, 0.2) is 30.3 Å². The van der Waals surface area contributed by atoms with Crippen LogP contribution in [0, 0.1) is 0 Å². The fourth-order valence-corrected chi connectivity index (χ4v) is 2.76. The van der Waals surface area contributed by atoms with Gasteiger partial charge in [-0.05, 0) is 31.7 Å². The number of nitrogens with two attached hydrogens (primary N) is 1. The van der Waals surface area contributed by atoms with Gasteiger partial charge in [0.1, 0.15) is 6.04 Å². The summed E-state index contributed by atoms with van der Waals surface area (Å²) in [4.78, 5) is 26.1. The third-order valence-corrected chi connectivity index (χ3v) is 3.81. The molecule has 5 nitrogen and oxygen atoms in total. The van der Waals surface area contributed by atoms with Crippen LogP contribution in [0.4, 0.5) is 0 Å². The van der Waals surface area contributed by atoms with Crippen LogP contribution in [0.1, 0.15) is 25.3 Å². The molecule has 1 saturated heterocycles. The Hall–Kier alpha value is -1.88. The van der Waals surface area contributed by atoms with E-state index in [1.54, 1.807) is 4.90 Å². The molecular weight excluding hydrogens is 266 g/mol. The Kier molecular flexibility index (Phi) is 5.33. The van der Waals surface area contributed by atoms with Gasteiger partial charge in [0.05, 0.1) is 6.04 Å². The lowest BCUT2D eigenvalue weighted by Gasteiger charge is -2.26. The zero-order chi connectivity index (χ0) is 15.2. The first-order valence-electron chi connectivity index (χ1n) is 7.51. The van der Waals surface area contributed by atoms with Crippen molar-refractivity contribution in [3.63, 3.8) is 0 Å². The fraction of sp³-hybridized carbons (Fsp3) is 0.500. The number of rotatable bonds is 5. The number of benzene rings is 1. The number of carbonyl (C=O) groups excluding carboxylic acids is 2. The molecule has 0 aliphatic carbocycles. The first-order chi connectivity index (χ1) is 10.1. The summed E-state index contributed by atoms with van der Waals surface area (Å²) >= 11 is 0. The fourth-order valence-electron chi connectivity index (χ4n) is 2.76. The zero-order valence-corrected chi connectivity index (χ0v) is 12.4. The molecule has 0 saturated carbocycles. The molecule has 1 aliphatic heterocycles. The van der Waals surface area contributed by atoms with Gasteiger partial charge in [-0.1, -0.05) is 30.3 Å². The monoisotopic (exact) mass is 289 g/mol. The minimum absolute atomic E-state index is 0.0738. The summed E-state index contributed by atoms with van der Waals surface area (Å²) in [6, 6.07) is 8.75. The van der Waals surface area contributed by atoms with Gasteiger partial charge >= 0.3 is 0 Å². The Morgan fingerprint density at radius 1 is 1.38 bits per heavy atom. The summed E-state index contributed by atoms with van der Waals surface area (Å²) in [6.45, 7) is 3.07. The van der Waals surface area contributed by atoms with Crippen LogP contribution >= 0.6 is 0 Å². The Bertz CT molecular complexity index is 490. The van der Waals surface area contributed by atoms with E-state index in [1.807, 2.05) is 37.3 Å². The van der Waals surface area contributed by atoms with E-state index < -0.39 is 6.04 Å². The molecule has 0 aromatic heterocycles. The summed E-state index contributed by atoms with van der Waals surface area (Å²) in [6.07, 6.45) is 2.07. The van der Waals surface area contributed by atoms with E-state index >= 15 is 0 Å². The molecule has 0 unspecified atom stereocenters. The van der Waals surface area contributed by atoms with Crippen molar-refractivity contribution in [2.45, 2.75) is 38.3 Å². The molecule has 0 radical (unpaired) electrons. The number of amides is 2. The van der Waals surface area contributed by atoms with E-state index in [1.165, 1.54) is 0 Å². The van der Waals surface area contributed by atoms with Gasteiger partial charge in [-0.15, -0.1) is 0 Å². The van der Waals surface area contributed by atoms with Crippen LogP contribution < -0.4 is 11.1 Å². The average Bonchev–Trinajstić information content (AvgIpc) is 2.97. The SMILES string of the molecule is CCNC(=O)[C@@H]1CCCN1C(=O)[C@H](N)Cc1ccccc1. The second kappa shape index (κ2) is 7.22. The smallest absolute Gasteiger partial charge is 0.242 e. The minimum Gasteiger partial charge on any atom is -0.355 e. The van der Waals surface area contributed by atoms with E-state index in [9.17, 15) is 9.59 Å². The average molecular weight is 289 g/mol. The predicted octanol–water partition coefficient (Wildman–Crippen LogP) is 0.684. The van der Waals surface area contributed by atoms with Crippen molar-refractivity contribution in [3.8, 4) is 0 Å². The molecule has 0 bridgehead atoms. The van der Waals surface area contributed by atoms with Gasteiger partial charge in [-0.3, -0.25) is 9.59 Å². The molecule has 1 heterocycles. The molecule has 2 rings (SSSR count). The molecular formula is C16H23N3O2. The van der Waals surface area contributed by atoms with Gasteiger partial charge in [0.2, 0.25) is 11.8 Å². The number of nitrogens with zero attached hydrogens (tertiary/aromatic N) is 1. The van der Waals surface area contributed by atoms with Gasteiger partial charge in [-0.2, -0.15) is 0 Å². The lowest BCUT2D eigenvalue weighted by molar-refractivity contribution is -0.139. The van der Waals surface area contributed by atoms with Crippen LogP contribution in [-0.4, -0.2) is 41.9 Å². The molecule has 3 N–H and O–H groups in total. The van der Waals surface area contributed by atoms with Crippen LogP contribution in [0.5, 0.6) is 0 Å². The van der Waals surface area contributed by atoms with Crippen molar-refractivity contribution in [1.29, 1.82) is 0 Å². The molecule has 2 amide bonds. The van der Waals surface area contributed by atoms with Gasteiger partial charge in [0.25, 0.3) is 0 Å². The highest BCUT2D eigenvalue weighted by Crippen LogP contribution is 2.19. The van der Waals surface area contributed by atoms with Crippen molar-refractivity contribution < 1.29 is 9.59 Å². The summed E-state index contributed by atoms with van der Waals surface area (Å²) in [5, 5.41) is 2.79. The second-order valence-electron chi connectivity index (χ2n) is 5.38. The third-order valence-electron chi connectivity index (χ3n) is 3.81. The summed E-state index contributed by atoms with van der Waals surface area (Å²) < 4.78 is 0. The third kappa shape index (κ3) is 3.82. The Morgan fingerprint density at radius 3 is 2.76 bits per heavy atom. The van der Waals surface area contributed by atoms with Crippen molar-refractivity contribution in [1.82, 2.24) is 10.2 Å². The van der Waals surface area contributed by atoms with Crippen LogP contribution in [0.3, 0.4) is 0 Å². The Balaban J connectivity index is 1.99. The summed E-state index contributed by atoms with van der Waals surface area (Å²) in [7, 11) is 0. The van der Waals surface area contributed by atoms with Crippen LogP contribution in [0.25, 0.3) is 0 Å². The second-order valence-corrected chi connectivity index (χ2v) is 5.38.